The van der Waals surface area contributed by atoms with Gasteiger partial charge in [0.1, 0.15) is 0 Å². The van der Waals surface area contributed by atoms with Crippen molar-refractivity contribution < 1.29 is 5.11 Å². The summed E-state index contributed by atoms with van der Waals surface area (Å²) in [6.45, 7) is 0.973. The molecule has 1 saturated heterocycles. The zero-order valence-electron chi connectivity index (χ0n) is 9.92. The van der Waals surface area contributed by atoms with Crippen LogP contribution in [0, 0.1) is 11.3 Å². The monoisotopic (exact) mass is 230 g/mol. The molecule has 17 heavy (non-hydrogen) atoms. The third-order valence-corrected chi connectivity index (χ3v) is 3.45. The van der Waals surface area contributed by atoms with Crippen molar-refractivity contribution in [3.8, 4) is 6.07 Å². The van der Waals surface area contributed by atoms with Gasteiger partial charge in [-0.15, -0.1) is 0 Å². The van der Waals surface area contributed by atoms with Crippen LogP contribution in [0.3, 0.4) is 0 Å². The van der Waals surface area contributed by atoms with Crippen LogP contribution in [0.4, 0.5) is 0 Å². The van der Waals surface area contributed by atoms with E-state index in [0.717, 1.165) is 31.4 Å². The number of likely N-dealkylation sites (tertiary alicyclic amines) is 1. The molecule has 1 fully saturated rings. The van der Waals surface area contributed by atoms with Gasteiger partial charge in [-0.3, -0.25) is 4.90 Å². The topological polar surface area (TPSA) is 47.3 Å². The van der Waals surface area contributed by atoms with Crippen LogP contribution in [0.2, 0.25) is 0 Å². The van der Waals surface area contributed by atoms with Gasteiger partial charge in [-0.25, -0.2) is 0 Å². The Morgan fingerprint density at radius 3 is 2.76 bits per heavy atom. The molecule has 1 heterocycles. The second-order valence-electron chi connectivity index (χ2n) is 4.49. The largest absolute Gasteiger partial charge is 0.394 e. The Kier molecular flexibility index (Phi) is 4.13. The van der Waals surface area contributed by atoms with Crippen molar-refractivity contribution in [2.24, 2.45) is 0 Å². The summed E-state index contributed by atoms with van der Waals surface area (Å²) in [4.78, 5) is 2.14. The van der Waals surface area contributed by atoms with E-state index in [1.54, 1.807) is 0 Å². The quantitative estimate of drug-likeness (QED) is 0.865. The molecule has 1 aliphatic heterocycles. The summed E-state index contributed by atoms with van der Waals surface area (Å²) >= 11 is 0. The van der Waals surface area contributed by atoms with E-state index in [1.807, 2.05) is 30.3 Å². The lowest BCUT2D eigenvalue weighted by Crippen LogP contribution is -2.42. The van der Waals surface area contributed by atoms with Crippen LogP contribution in [0.25, 0.3) is 0 Å². The zero-order valence-corrected chi connectivity index (χ0v) is 9.92. The fourth-order valence-electron chi connectivity index (χ4n) is 2.54. The van der Waals surface area contributed by atoms with E-state index in [-0.39, 0.29) is 18.7 Å². The molecule has 0 radical (unpaired) electrons. The summed E-state index contributed by atoms with van der Waals surface area (Å²) in [5.41, 5.74) is 1.09. The summed E-state index contributed by atoms with van der Waals surface area (Å²) in [6, 6.07) is 12.2. The lowest BCUT2D eigenvalue weighted by Gasteiger charge is -2.37. The molecular weight excluding hydrogens is 212 g/mol. The lowest BCUT2D eigenvalue weighted by atomic mass is 9.97. The van der Waals surface area contributed by atoms with Crippen molar-refractivity contribution in [2.75, 3.05) is 13.2 Å². The van der Waals surface area contributed by atoms with E-state index in [9.17, 15) is 10.4 Å². The highest BCUT2D eigenvalue weighted by molar-refractivity contribution is 5.20. The molecule has 0 spiro atoms. The summed E-state index contributed by atoms with van der Waals surface area (Å²) in [6.07, 6.45) is 3.14. The number of rotatable bonds is 3. The van der Waals surface area contributed by atoms with Crippen molar-refractivity contribution >= 4 is 0 Å². The Morgan fingerprint density at radius 1 is 1.35 bits per heavy atom. The molecule has 1 N–H and O–H groups in total. The van der Waals surface area contributed by atoms with Crippen molar-refractivity contribution in [1.29, 1.82) is 5.26 Å². The van der Waals surface area contributed by atoms with E-state index < -0.39 is 0 Å². The first-order valence-corrected chi connectivity index (χ1v) is 6.18. The van der Waals surface area contributed by atoms with Crippen molar-refractivity contribution in [3.63, 3.8) is 0 Å². The van der Waals surface area contributed by atoms with Gasteiger partial charge < -0.3 is 5.11 Å². The highest BCUT2D eigenvalue weighted by Crippen LogP contribution is 2.27. The highest BCUT2D eigenvalue weighted by Gasteiger charge is 2.29. The number of nitrogens with zero attached hydrogens (tertiary/aromatic N) is 2. The average Bonchev–Trinajstić information content (AvgIpc) is 2.41. The second-order valence-corrected chi connectivity index (χ2v) is 4.49. The van der Waals surface area contributed by atoms with Gasteiger partial charge in [-0.05, 0) is 24.8 Å². The van der Waals surface area contributed by atoms with Crippen molar-refractivity contribution in [3.05, 3.63) is 35.9 Å². The molecule has 1 aromatic rings. The Morgan fingerprint density at radius 2 is 2.12 bits per heavy atom. The van der Waals surface area contributed by atoms with Gasteiger partial charge in [0.25, 0.3) is 0 Å². The SMILES string of the molecule is N#CC1CCCCN1[C@H](CO)c1ccccc1. The molecule has 0 aliphatic carbocycles. The number of aliphatic hydroxyl groups excluding tert-OH is 1. The Bertz CT molecular complexity index is 385. The summed E-state index contributed by atoms with van der Waals surface area (Å²) in [5, 5.41) is 18.8. The lowest BCUT2D eigenvalue weighted by molar-refractivity contribution is 0.0787. The van der Waals surface area contributed by atoms with Crippen molar-refractivity contribution in [2.45, 2.75) is 31.3 Å². The van der Waals surface area contributed by atoms with E-state index in [2.05, 4.69) is 11.0 Å². The number of hydrogen-bond acceptors (Lipinski definition) is 3. The van der Waals surface area contributed by atoms with Gasteiger partial charge in [-0.2, -0.15) is 5.26 Å². The van der Waals surface area contributed by atoms with Gasteiger partial charge in [0.05, 0.1) is 24.8 Å². The van der Waals surface area contributed by atoms with Crippen molar-refractivity contribution in [1.82, 2.24) is 4.90 Å². The minimum absolute atomic E-state index is 0.0406. The van der Waals surface area contributed by atoms with Gasteiger partial charge in [0.15, 0.2) is 0 Å². The normalized spacial score (nSPS) is 22.9. The van der Waals surface area contributed by atoms with Crippen LogP contribution in [0.15, 0.2) is 30.3 Å². The van der Waals surface area contributed by atoms with Gasteiger partial charge in [0, 0.05) is 6.54 Å². The van der Waals surface area contributed by atoms with Crippen LogP contribution in [-0.2, 0) is 0 Å². The molecule has 3 nitrogen and oxygen atoms in total. The molecule has 1 unspecified atom stereocenters. The fraction of sp³-hybridized carbons (Fsp3) is 0.500. The van der Waals surface area contributed by atoms with E-state index >= 15 is 0 Å². The Hall–Kier alpha value is -1.37. The second kappa shape index (κ2) is 5.81. The van der Waals surface area contributed by atoms with Gasteiger partial charge >= 0.3 is 0 Å². The van der Waals surface area contributed by atoms with E-state index in [0.29, 0.717) is 0 Å². The molecule has 1 aromatic carbocycles. The number of aliphatic hydroxyl groups is 1. The number of nitriles is 1. The fourth-order valence-corrected chi connectivity index (χ4v) is 2.54. The predicted octanol–water partition coefficient (Wildman–Crippen LogP) is 2.10. The van der Waals surface area contributed by atoms with Crippen LogP contribution in [-0.4, -0.2) is 29.2 Å². The molecule has 2 rings (SSSR count). The first-order chi connectivity index (χ1) is 8.36. The maximum atomic E-state index is 9.59. The maximum Gasteiger partial charge on any atom is 0.0983 e. The van der Waals surface area contributed by atoms with E-state index in [4.69, 9.17) is 0 Å². The molecule has 1 aliphatic rings. The summed E-state index contributed by atoms with van der Waals surface area (Å²) < 4.78 is 0. The van der Waals surface area contributed by atoms with Crippen LogP contribution >= 0.6 is 0 Å². The molecule has 0 aromatic heterocycles. The molecule has 2 atom stereocenters. The van der Waals surface area contributed by atoms with Crippen LogP contribution in [0.5, 0.6) is 0 Å². The molecule has 0 bridgehead atoms. The maximum absolute atomic E-state index is 9.59. The number of benzene rings is 1. The highest BCUT2D eigenvalue weighted by atomic mass is 16.3. The third-order valence-electron chi connectivity index (χ3n) is 3.45. The summed E-state index contributed by atoms with van der Waals surface area (Å²) in [5.74, 6) is 0. The van der Waals surface area contributed by atoms with Gasteiger partial charge in [0.2, 0.25) is 0 Å². The third kappa shape index (κ3) is 2.66. The summed E-state index contributed by atoms with van der Waals surface area (Å²) in [7, 11) is 0. The van der Waals surface area contributed by atoms with Gasteiger partial charge in [-0.1, -0.05) is 30.3 Å². The van der Waals surface area contributed by atoms with Crippen LogP contribution < -0.4 is 0 Å². The molecule has 0 amide bonds. The first kappa shape index (κ1) is 12.1. The minimum atomic E-state index is -0.0545. The molecular formula is C14H18N2O. The zero-order chi connectivity index (χ0) is 12.1. The predicted molar refractivity (Wildman–Crippen MR) is 66.2 cm³/mol. The Balaban J connectivity index is 2.20. The molecule has 0 saturated carbocycles. The number of hydrogen-bond donors (Lipinski definition) is 1. The number of piperidine rings is 1. The average molecular weight is 230 g/mol. The smallest absolute Gasteiger partial charge is 0.0983 e. The molecule has 90 valence electrons. The minimum Gasteiger partial charge on any atom is -0.394 e. The molecule has 3 heteroatoms. The standard InChI is InChI=1S/C14H18N2O/c15-10-13-8-4-5-9-16(13)14(11-17)12-6-2-1-3-7-12/h1-3,6-7,13-14,17H,4-5,8-9,11H2/t13?,14-/m1/s1. The Labute approximate surface area is 102 Å². The van der Waals surface area contributed by atoms with E-state index in [1.165, 1.54) is 0 Å². The van der Waals surface area contributed by atoms with Crippen LogP contribution in [0.1, 0.15) is 30.9 Å². The first-order valence-electron chi connectivity index (χ1n) is 6.18.